The fraction of sp³-hybridized carbons (Fsp3) is 1.00. The number of hydrogen-bond acceptors (Lipinski definition) is 4. The number of piperazine rings is 1. The van der Waals surface area contributed by atoms with Gasteiger partial charge >= 0.3 is 0 Å². The number of nitrogens with one attached hydrogen (secondary N) is 1. The molecule has 0 unspecified atom stereocenters. The van der Waals surface area contributed by atoms with E-state index >= 15 is 0 Å². The van der Waals surface area contributed by atoms with Crippen LogP contribution in [0, 0.1) is 0 Å². The minimum atomic E-state index is -3.73. The molecule has 0 aromatic carbocycles. The molecule has 3 N–H and O–H groups in total. The number of nitrogens with zero attached hydrogens (tertiary/aromatic N) is 2. The molecule has 0 bridgehead atoms. The van der Waals surface area contributed by atoms with Gasteiger partial charge in [0, 0.05) is 32.2 Å². The normalized spacial score (nSPS) is 20.9. The fourth-order valence-corrected chi connectivity index (χ4v) is 3.60. The first kappa shape index (κ1) is 14.8. The molecule has 17 heavy (non-hydrogen) atoms. The second-order valence-corrected chi connectivity index (χ2v) is 7.37. The van der Waals surface area contributed by atoms with Crippen LogP contribution in [0.25, 0.3) is 0 Å². The first-order chi connectivity index (χ1) is 7.63. The highest BCUT2D eigenvalue weighted by Gasteiger charge is 2.30. The van der Waals surface area contributed by atoms with Gasteiger partial charge in [-0.1, -0.05) is 0 Å². The van der Waals surface area contributed by atoms with Crippen LogP contribution >= 0.6 is 0 Å². The lowest BCUT2D eigenvalue weighted by atomic mass is 10.4. The first-order valence-electron chi connectivity index (χ1n) is 5.18. The summed E-state index contributed by atoms with van der Waals surface area (Å²) in [5, 5.41) is 4.96. The highest BCUT2D eigenvalue weighted by Crippen LogP contribution is 2.08. The Bertz CT molecular complexity index is 450. The molecule has 1 fully saturated rings. The van der Waals surface area contributed by atoms with Gasteiger partial charge in [-0.25, -0.2) is 5.14 Å². The van der Waals surface area contributed by atoms with Gasteiger partial charge in [-0.15, -0.1) is 0 Å². The van der Waals surface area contributed by atoms with E-state index in [1.807, 2.05) is 0 Å². The van der Waals surface area contributed by atoms with E-state index in [0.29, 0.717) is 0 Å². The molecule has 1 heterocycles. The van der Waals surface area contributed by atoms with Crippen molar-refractivity contribution in [3.63, 3.8) is 0 Å². The van der Waals surface area contributed by atoms with E-state index in [0.717, 1.165) is 4.31 Å². The van der Waals surface area contributed by atoms with Crippen molar-refractivity contribution in [3.05, 3.63) is 0 Å². The summed E-state index contributed by atoms with van der Waals surface area (Å²) in [5.41, 5.74) is 0. The molecular weight excluding hydrogens is 268 g/mol. The van der Waals surface area contributed by atoms with Crippen molar-refractivity contribution in [2.45, 2.75) is 19.9 Å². The van der Waals surface area contributed by atoms with Crippen LogP contribution in [-0.2, 0) is 20.4 Å². The summed E-state index contributed by atoms with van der Waals surface area (Å²) < 4.78 is 50.3. The minimum absolute atomic E-state index is 0.0812. The Balaban J connectivity index is 2.64. The molecule has 0 amide bonds. The van der Waals surface area contributed by atoms with E-state index in [-0.39, 0.29) is 32.2 Å². The number of rotatable bonds is 4. The third-order valence-electron chi connectivity index (χ3n) is 2.28. The van der Waals surface area contributed by atoms with E-state index in [2.05, 4.69) is 4.72 Å². The van der Waals surface area contributed by atoms with Crippen LogP contribution < -0.4 is 9.86 Å². The van der Waals surface area contributed by atoms with Gasteiger partial charge < -0.3 is 0 Å². The summed E-state index contributed by atoms with van der Waals surface area (Å²) >= 11 is 0. The Kier molecular flexibility index (Phi) is 4.49. The largest absolute Gasteiger partial charge is 0.279 e. The van der Waals surface area contributed by atoms with Gasteiger partial charge in [-0.05, 0) is 13.8 Å². The van der Waals surface area contributed by atoms with Gasteiger partial charge in [0.05, 0.1) is 0 Å². The Morgan fingerprint density at radius 1 is 1.00 bits per heavy atom. The van der Waals surface area contributed by atoms with Crippen LogP contribution in [0.4, 0.5) is 0 Å². The zero-order chi connectivity index (χ0) is 13.3. The molecule has 0 radical (unpaired) electrons. The van der Waals surface area contributed by atoms with E-state index in [4.69, 9.17) is 5.14 Å². The molecule has 0 aromatic rings. The van der Waals surface area contributed by atoms with Crippen molar-refractivity contribution >= 4 is 20.4 Å². The molecular formula is C7H18N4O4S2. The van der Waals surface area contributed by atoms with Crippen LogP contribution in [0.2, 0.25) is 0 Å². The summed E-state index contributed by atoms with van der Waals surface area (Å²) in [4.78, 5) is 0. The van der Waals surface area contributed by atoms with Crippen LogP contribution in [0.5, 0.6) is 0 Å². The standard InChI is InChI=1S/C7H18N4O4S2/c1-7(2)9-17(14,15)11-5-3-10(4-6-11)16(8,12)13/h7,9H,3-6H2,1-2H3,(H2,8,12,13). The maximum atomic E-state index is 11.8. The zero-order valence-corrected chi connectivity index (χ0v) is 11.5. The lowest BCUT2D eigenvalue weighted by Gasteiger charge is -2.32. The lowest BCUT2D eigenvalue weighted by Crippen LogP contribution is -2.55. The summed E-state index contributed by atoms with van der Waals surface area (Å²) in [6.07, 6.45) is 0. The van der Waals surface area contributed by atoms with Crippen LogP contribution in [0.3, 0.4) is 0 Å². The molecule has 1 rings (SSSR count). The van der Waals surface area contributed by atoms with Crippen molar-refractivity contribution in [3.8, 4) is 0 Å². The van der Waals surface area contributed by atoms with Gasteiger partial charge in [0.2, 0.25) is 0 Å². The maximum absolute atomic E-state index is 11.8. The van der Waals surface area contributed by atoms with Crippen molar-refractivity contribution in [2.75, 3.05) is 26.2 Å². The van der Waals surface area contributed by atoms with Crippen LogP contribution in [0.1, 0.15) is 13.8 Å². The monoisotopic (exact) mass is 286 g/mol. The van der Waals surface area contributed by atoms with Crippen molar-refractivity contribution < 1.29 is 16.8 Å². The minimum Gasteiger partial charge on any atom is -0.216 e. The molecule has 0 aliphatic carbocycles. The highest BCUT2D eigenvalue weighted by molar-refractivity contribution is 7.87. The summed E-state index contributed by atoms with van der Waals surface area (Å²) in [6.45, 7) is 3.82. The maximum Gasteiger partial charge on any atom is 0.279 e. The molecule has 0 aromatic heterocycles. The lowest BCUT2D eigenvalue weighted by molar-refractivity contribution is 0.270. The predicted octanol–water partition coefficient (Wildman–Crippen LogP) is -1.95. The summed E-state index contributed by atoms with van der Waals surface area (Å²) in [7, 11) is -7.26. The van der Waals surface area contributed by atoms with E-state index in [1.54, 1.807) is 13.8 Å². The van der Waals surface area contributed by atoms with E-state index in [9.17, 15) is 16.8 Å². The molecule has 1 saturated heterocycles. The van der Waals surface area contributed by atoms with Crippen LogP contribution in [-0.4, -0.2) is 57.7 Å². The van der Waals surface area contributed by atoms with E-state index < -0.39 is 20.4 Å². The van der Waals surface area contributed by atoms with Gasteiger partial charge in [-0.3, -0.25) is 0 Å². The topological polar surface area (TPSA) is 113 Å². The molecule has 102 valence electrons. The third kappa shape index (κ3) is 4.16. The number of hydrogen-bond donors (Lipinski definition) is 2. The van der Waals surface area contributed by atoms with E-state index in [1.165, 1.54) is 4.31 Å². The van der Waals surface area contributed by atoms with Crippen molar-refractivity contribution in [1.82, 2.24) is 13.3 Å². The van der Waals surface area contributed by atoms with Gasteiger partial charge in [-0.2, -0.15) is 30.2 Å². The smallest absolute Gasteiger partial charge is 0.216 e. The van der Waals surface area contributed by atoms with Gasteiger partial charge in [0.25, 0.3) is 20.4 Å². The quantitative estimate of drug-likeness (QED) is 0.625. The Morgan fingerprint density at radius 2 is 1.41 bits per heavy atom. The Morgan fingerprint density at radius 3 is 1.76 bits per heavy atom. The molecule has 0 atom stereocenters. The average Bonchev–Trinajstić information content (AvgIpc) is 2.14. The molecule has 0 saturated carbocycles. The Labute approximate surface area is 102 Å². The van der Waals surface area contributed by atoms with Gasteiger partial charge in [0.15, 0.2) is 0 Å². The summed E-state index contributed by atoms with van der Waals surface area (Å²) in [5.74, 6) is 0. The Hall–Kier alpha value is -0.260. The molecule has 0 spiro atoms. The highest BCUT2D eigenvalue weighted by atomic mass is 32.2. The molecule has 10 heteroatoms. The third-order valence-corrected chi connectivity index (χ3v) is 5.18. The van der Waals surface area contributed by atoms with Gasteiger partial charge in [0.1, 0.15) is 0 Å². The molecule has 1 aliphatic rings. The molecule has 1 aliphatic heterocycles. The molecule has 8 nitrogen and oxygen atoms in total. The zero-order valence-electron chi connectivity index (χ0n) is 9.83. The summed E-state index contributed by atoms with van der Waals surface area (Å²) in [6, 6.07) is -0.198. The average molecular weight is 286 g/mol. The second kappa shape index (κ2) is 5.16. The van der Waals surface area contributed by atoms with Crippen molar-refractivity contribution in [2.24, 2.45) is 5.14 Å². The fourth-order valence-electron chi connectivity index (χ4n) is 1.54. The SMILES string of the molecule is CC(C)NS(=O)(=O)N1CCN(S(N)(=O)=O)CC1. The first-order valence-corrected chi connectivity index (χ1v) is 8.12. The predicted molar refractivity (Wildman–Crippen MR) is 63.4 cm³/mol. The second-order valence-electron chi connectivity index (χ2n) is 4.12. The number of nitrogens with two attached hydrogens (primary N) is 1. The van der Waals surface area contributed by atoms with Crippen LogP contribution in [0.15, 0.2) is 0 Å². The van der Waals surface area contributed by atoms with Crippen molar-refractivity contribution in [1.29, 1.82) is 0 Å².